The summed E-state index contributed by atoms with van der Waals surface area (Å²) in [5.74, 6) is -0.457. The lowest BCUT2D eigenvalue weighted by Gasteiger charge is -2.33. The van der Waals surface area contributed by atoms with Gasteiger partial charge in [0, 0.05) is 72.4 Å². The van der Waals surface area contributed by atoms with Crippen LogP contribution in [0, 0.1) is 5.41 Å². The van der Waals surface area contributed by atoms with Crippen LogP contribution < -0.4 is 0 Å². The van der Waals surface area contributed by atoms with E-state index in [0.717, 1.165) is 0 Å². The molecule has 0 bridgehead atoms. The van der Waals surface area contributed by atoms with Crippen molar-refractivity contribution < 1.29 is 19.2 Å². The summed E-state index contributed by atoms with van der Waals surface area (Å²) in [4.78, 5) is 53.7. The molecule has 8 atom stereocenters. The molecule has 0 aromatic rings. The number of ketones is 4. The molecule has 0 rings (SSSR count). The molecule has 4 nitrogen and oxygen atoms in total. The number of carbonyl (C=O) groups excluding carboxylic acids is 4. The molecule has 0 aliphatic heterocycles. The maximum Gasteiger partial charge on any atom is 0.134 e. The van der Waals surface area contributed by atoms with Crippen LogP contribution in [0.3, 0.4) is 0 Å². The van der Waals surface area contributed by atoms with Gasteiger partial charge in [0.2, 0.25) is 0 Å². The Bertz CT molecular complexity index is 685. The predicted molar refractivity (Wildman–Crippen MR) is 203 cm³/mol. The highest BCUT2D eigenvalue weighted by Crippen LogP contribution is 2.40. The van der Waals surface area contributed by atoms with E-state index in [4.69, 9.17) is 0 Å². The van der Waals surface area contributed by atoms with Crippen molar-refractivity contribution in [2.45, 2.75) is 147 Å². The van der Waals surface area contributed by atoms with E-state index in [1.54, 1.807) is 0 Å². The average Bonchev–Trinajstić information content (AvgIpc) is 2.69. The molecule has 0 fully saturated rings. The van der Waals surface area contributed by atoms with Gasteiger partial charge < -0.3 is 0 Å². The third kappa shape index (κ3) is 22.6. The fraction of sp³-hybridized carbons (Fsp3) is 0.862. The molecule has 0 N–H and O–H groups in total. The zero-order chi connectivity index (χ0) is 31.9. The smallest absolute Gasteiger partial charge is 0.134 e. The maximum absolute atomic E-state index is 13.4. The van der Waals surface area contributed by atoms with Crippen LogP contribution in [0.15, 0.2) is 0 Å². The van der Waals surface area contributed by atoms with Gasteiger partial charge in [-0.15, -0.1) is 0 Å². The van der Waals surface area contributed by atoms with Crippen molar-refractivity contribution in [2.24, 2.45) is 5.41 Å². The number of rotatable bonds is 24. The first-order valence-electron chi connectivity index (χ1n) is 14.3. The Morgan fingerprint density at radius 2 is 0.585 bits per heavy atom. The maximum atomic E-state index is 13.4. The Morgan fingerprint density at radius 3 is 0.732 bits per heavy atom. The topological polar surface area (TPSA) is 68.3 Å². The van der Waals surface area contributed by atoms with E-state index in [1.165, 1.54) is 0 Å². The number of Topliss-reactive ketones (excluding diaryl/α,β-unsaturated/α-hetero) is 4. The Hall–Kier alpha value is 1.48. The van der Waals surface area contributed by atoms with Gasteiger partial charge in [-0.05, 0) is 52.1 Å². The van der Waals surface area contributed by atoms with Crippen molar-refractivity contribution in [3.63, 3.8) is 0 Å². The Labute approximate surface area is 293 Å². The zero-order valence-electron chi connectivity index (χ0n) is 24.8. The van der Waals surface area contributed by atoms with Crippen molar-refractivity contribution in [1.82, 2.24) is 0 Å². The van der Waals surface area contributed by atoms with Crippen LogP contribution >= 0.6 is 101 Å². The SMILES string of the molecule is CC(S)CC(S)CC(=O)CC(CC(=O)CC(S)CC(C)S)(CC(=O)CC(S)CC(C)S)CC(=O)CC(S)CC(C)S. The van der Waals surface area contributed by atoms with Crippen molar-refractivity contribution >= 4 is 124 Å². The van der Waals surface area contributed by atoms with Crippen molar-refractivity contribution in [2.75, 3.05) is 0 Å². The van der Waals surface area contributed by atoms with Gasteiger partial charge in [-0.2, -0.15) is 101 Å². The van der Waals surface area contributed by atoms with Crippen LogP contribution in [0.25, 0.3) is 0 Å². The molecule has 0 saturated heterocycles. The zero-order valence-corrected chi connectivity index (χ0v) is 32.0. The van der Waals surface area contributed by atoms with E-state index in [1.807, 2.05) is 27.7 Å². The van der Waals surface area contributed by atoms with Crippen LogP contribution in [0.1, 0.15) is 105 Å². The van der Waals surface area contributed by atoms with Gasteiger partial charge in [-0.25, -0.2) is 0 Å². The summed E-state index contributed by atoms with van der Waals surface area (Å²) in [6.45, 7) is 7.76. The summed E-state index contributed by atoms with van der Waals surface area (Å²) >= 11 is 36.0. The van der Waals surface area contributed by atoms with E-state index >= 15 is 0 Å². The van der Waals surface area contributed by atoms with Gasteiger partial charge in [-0.3, -0.25) is 19.2 Å². The molecule has 240 valence electrons. The van der Waals surface area contributed by atoms with Crippen molar-refractivity contribution in [1.29, 1.82) is 0 Å². The van der Waals surface area contributed by atoms with Crippen LogP contribution in [-0.4, -0.2) is 65.1 Å². The Kier molecular flexibility index (Phi) is 22.9. The van der Waals surface area contributed by atoms with Crippen LogP contribution in [0.5, 0.6) is 0 Å². The summed E-state index contributed by atoms with van der Waals surface area (Å²) < 4.78 is 0. The molecule has 12 heteroatoms. The lowest BCUT2D eigenvalue weighted by Crippen LogP contribution is -2.35. The van der Waals surface area contributed by atoms with Gasteiger partial charge in [0.25, 0.3) is 0 Å². The quantitative estimate of drug-likeness (QED) is 0.0501. The Balaban J connectivity index is 6.24. The fourth-order valence-corrected chi connectivity index (χ4v) is 9.06. The molecule has 0 radical (unpaired) electrons. The normalized spacial score (nSPS) is 19.2. The average molecular weight is 721 g/mol. The lowest BCUT2D eigenvalue weighted by atomic mass is 9.69. The minimum Gasteiger partial charge on any atom is -0.300 e. The first kappa shape index (κ1) is 42.5. The number of hydrogen-bond donors (Lipinski definition) is 8. The minimum atomic E-state index is -1.12. The first-order chi connectivity index (χ1) is 18.8. The molecule has 0 saturated carbocycles. The molecular formula is C29H52O4S8. The van der Waals surface area contributed by atoms with Gasteiger partial charge >= 0.3 is 0 Å². The Morgan fingerprint density at radius 1 is 0.415 bits per heavy atom. The highest BCUT2D eigenvalue weighted by atomic mass is 32.1. The van der Waals surface area contributed by atoms with E-state index in [-0.39, 0.29) is 116 Å². The van der Waals surface area contributed by atoms with Gasteiger partial charge in [-0.1, -0.05) is 27.7 Å². The van der Waals surface area contributed by atoms with Gasteiger partial charge in [0.15, 0.2) is 0 Å². The van der Waals surface area contributed by atoms with Crippen molar-refractivity contribution in [3.05, 3.63) is 0 Å². The van der Waals surface area contributed by atoms with Gasteiger partial charge in [0.1, 0.15) is 23.1 Å². The predicted octanol–water partition coefficient (Wildman–Crippen LogP) is 7.40. The highest BCUT2D eigenvalue weighted by molar-refractivity contribution is 7.82. The largest absolute Gasteiger partial charge is 0.300 e. The second-order valence-electron chi connectivity index (χ2n) is 12.1. The second-order valence-corrected chi connectivity index (χ2v) is 18.6. The molecule has 0 aromatic carbocycles. The summed E-state index contributed by atoms with van der Waals surface area (Å²) in [7, 11) is 0. The summed E-state index contributed by atoms with van der Waals surface area (Å²) in [5.41, 5.74) is -1.12. The molecular weight excluding hydrogens is 669 g/mol. The molecule has 0 amide bonds. The van der Waals surface area contributed by atoms with E-state index in [0.29, 0.717) is 25.7 Å². The molecule has 0 aliphatic rings. The molecule has 0 heterocycles. The van der Waals surface area contributed by atoms with Crippen molar-refractivity contribution in [3.8, 4) is 0 Å². The summed E-state index contributed by atoms with van der Waals surface area (Å²) in [6.07, 6.45) is 3.07. The summed E-state index contributed by atoms with van der Waals surface area (Å²) in [5, 5.41) is -0.517. The number of carbonyl (C=O) groups is 4. The second kappa shape index (κ2) is 22.1. The summed E-state index contributed by atoms with van der Waals surface area (Å²) in [6, 6.07) is 0. The monoisotopic (exact) mass is 720 g/mol. The van der Waals surface area contributed by atoms with Gasteiger partial charge in [0.05, 0.1) is 0 Å². The highest BCUT2D eigenvalue weighted by Gasteiger charge is 2.40. The fourth-order valence-electron chi connectivity index (χ4n) is 5.30. The van der Waals surface area contributed by atoms with Crippen LogP contribution in [0.2, 0.25) is 0 Å². The minimum absolute atomic E-state index is 0.0468. The molecule has 8 unspecified atom stereocenters. The third-order valence-corrected chi connectivity index (χ3v) is 9.01. The van der Waals surface area contributed by atoms with E-state index in [2.05, 4.69) is 101 Å². The number of hydrogen-bond acceptors (Lipinski definition) is 12. The number of thiol groups is 8. The lowest BCUT2D eigenvalue weighted by molar-refractivity contribution is -0.130. The van der Waals surface area contributed by atoms with Crippen LogP contribution in [-0.2, 0) is 19.2 Å². The molecule has 0 aliphatic carbocycles. The van der Waals surface area contributed by atoms with E-state index in [9.17, 15) is 19.2 Å². The first-order valence-corrected chi connectivity index (χ1v) is 18.5. The molecule has 41 heavy (non-hydrogen) atoms. The third-order valence-electron chi connectivity index (χ3n) is 6.59. The molecule has 0 spiro atoms. The van der Waals surface area contributed by atoms with Crippen LogP contribution in [0.4, 0.5) is 0 Å². The van der Waals surface area contributed by atoms with E-state index < -0.39 is 5.41 Å². The molecule has 0 aromatic heterocycles. The standard InChI is InChI=1S/C29H52O4S8/c1-17(34)5-25(38)9-21(30)13-29(14-22(31)10-26(39)6-18(2)35,15-23(32)11-27(40)7-19(3)36)16-24(33)12-28(41)8-20(4)37/h17-20,25-28,34-41H,5-16H2,1-4H3.